The van der Waals surface area contributed by atoms with Gasteiger partial charge in [-0.15, -0.1) is 22.7 Å². The second-order valence-corrected chi connectivity index (χ2v) is 12.7. The second-order valence-electron chi connectivity index (χ2n) is 10.6. The van der Waals surface area contributed by atoms with Gasteiger partial charge in [-0.05, 0) is 36.4 Å². The highest BCUT2D eigenvalue weighted by molar-refractivity contribution is 7.26. The van der Waals surface area contributed by atoms with Gasteiger partial charge in [-0.2, -0.15) is 15.0 Å². The van der Waals surface area contributed by atoms with Crippen molar-refractivity contribution in [3.8, 4) is 23.3 Å². The molecule has 0 saturated carbocycles. The Balaban J connectivity index is 1.35. The van der Waals surface area contributed by atoms with Gasteiger partial charge in [-0.3, -0.25) is 19.1 Å². The molecule has 9 heteroatoms. The highest BCUT2D eigenvalue weighted by Crippen LogP contribution is 2.43. The summed E-state index contributed by atoms with van der Waals surface area (Å²) >= 11 is 3.46. The molecule has 0 radical (unpaired) electrons. The minimum Gasteiger partial charge on any atom is -0.267 e. The van der Waals surface area contributed by atoms with Gasteiger partial charge in [-0.25, -0.2) is 0 Å². The molecule has 7 heterocycles. The molecule has 10 rings (SSSR count). The maximum atomic E-state index is 5.25. The smallest absolute Gasteiger partial charge is 0.240 e. The third-order valence-corrected chi connectivity index (χ3v) is 10.4. The van der Waals surface area contributed by atoms with Crippen LogP contribution in [0.5, 0.6) is 0 Å². The number of pyridine rings is 2. The lowest BCUT2D eigenvalue weighted by molar-refractivity contribution is 0.896. The molecule has 206 valence electrons. The van der Waals surface area contributed by atoms with E-state index in [0.717, 1.165) is 48.1 Å². The Morgan fingerprint density at radius 3 is 1.52 bits per heavy atom. The predicted octanol–water partition coefficient (Wildman–Crippen LogP) is 8.95. The molecular formula is C35H19N7S2. The average Bonchev–Trinajstić information content (AvgIpc) is 3.81. The molecule has 0 unspecified atom stereocenters. The molecule has 0 atom stereocenters. The standard InChI is InChI=1S/C35H19N7S2/c1-2-10-20(11-3-1)31-38-34(41-23-14-8-18-36-29(23)27-21-12-4-6-16-25(21)43-32(27)41)40-35(39-31)42-24-15-9-19-37-30(24)28-22-13-5-7-17-26(22)44-33(28)42/h1-19H. The van der Waals surface area contributed by atoms with Gasteiger partial charge >= 0.3 is 0 Å². The highest BCUT2D eigenvalue weighted by Gasteiger charge is 2.24. The number of hydrogen-bond donors (Lipinski definition) is 0. The summed E-state index contributed by atoms with van der Waals surface area (Å²) in [6.07, 6.45) is 3.70. The molecule has 0 saturated heterocycles. The largest absolute Gasteiger partial charge is 0.267 e. The molecule has 3 aromatic carbocycles. The van der Waals surface area contributed by atoms with E-state index in [1.54, 1.807) is 22.7 Å². The first-order valence-electron chi connectivity index (χ1n) is 14.2. The van der Waals surface area contributed by atoms with E-state index in [1.165, 1.54) is 20.2 Å². The van der Waals surface area contributed by atoms with Crippen LogP contribution in [0.3, 0.4) is 0 Å². The van der Waals surface area contributed by atoms with Crippen LogP contribution < -0.4 is 0 Å². The minimum absolute atomic E-state index is 0.549. The molecule has 0 spiro atoms. The molecule has 0 aliphatic carbocycles. The van der Waals surface area contributed by atoms with Crippen LogP contribution in [-0.4, -0.2) is 34.1 Å². The van der Waals surface area contributed by atoms with E-state index in [0.29, 0.717) is 17.7 Å². The lowest BCUT2D eigenvalue weighted by Crippen LogP contribution is -2.09. The van der Waals surface area contributed by atoms with E-state index < -0.39 is 0 Å². The van der Waals surface area contributed by atoms with Gasteiger partial charge in [0.05, 0.1) is 22.1 Å². The lowest BCUT2D eigenvalue weighted by atomic mass is 10.2. The SMILES string of the molecule is c1ccc(-c2nc(-n3c4cccnc4c4c5ccccc5sc43)nc(-n3c4cccnc4c4c5ccccc5sc43)n2)cc1. The quantitative estimate of drug-likeness (QED) is 0.202. The van der Waals surface area contributed by atoms with Crippen molar-refractivity contribution in [2.45, 2.75) is 0 Å². The van der Waals surface area contributed by atoms with Crippen LogP contribution in [0.2, 0.25) is 0 Å². The molecular weight excluding hydrogens is 583 g/mol. The van der Waals surface area contributed by atoms with Gasteiger partial charge in [0.15, 0.2) is 5.82 Å². The van der Waals surface area contributed by atoms with Crippen molar-refractivity contribution in [1.82, 2.24) is 34.1 Å². The first-order chi connectivity index (χ1) is 21.8. The molecule has 0 bridgehead atoms. The summed E-state index contributed by atoms with van der Waals surface area (Å²) in [4.78, 5) is 27.3. The van der Waals surface area contributed by atoms with Gasteiger partial charge in [0, 0.05) is 48.9 Å². The molecule has 44 heavy (non-hydrogen) atoms. The summed E-state index contributed by atoms with van der Waals surface area (Å²) in [5.74, 6) is 1.70. The fourth-order valence-electron chi connectivity index (χ4n) is 6.26. The number of nitrogens with zero attached hydrogens (tertiary/aromatic N) is 7. The number of fused-ring (bicyclic) bond motifs is 10. The Morgan fingerprint density at radius 2 is 0.977 bits per heavy atom. The van der Waals surface area contributed by atoms with Crippen LogP contribution >= 0.6 is 22.7 Å². The van der Waals surface area contributed by atoms with Crippen molar-refractivity contribution >= 4 is 85.3 Å². The zero-order valence-electron chi connectivity index (χ0n) is 22.9. The van der Waals surface area contributed by atoms with E-state index >= 15 is 0 Å². The summed E-state index contributed by atoms with van der Waals surface area (Å²) in [7, 11) is 0. The van der Waals surface area contributed by atoms with Crippen molar-refractivity contribution in [1.29, 1.82) is 0 Å². The van der Waals surface area contributed by atoms with Crippen molar-refractivity contribution in [2.24, 2.45) is 0 Å². The third-order valence-electron chi connectivity index (χ3n) is 8.13. The van der Waals surface area contributed by atoms with Crippen LogP contribution in [-0.2, 0) is 0 Å². The maximum absolute atomic E-state index is 5.25. The normalized spacial score (nSPS) is 12.1. The van der Waals surface area contributed by atoms with E-state index in [2.05, 4.69) is 69.8 Å². The summed E-state index contributed by atoms with van der Waals surface area (Å²) < 4.78 is 6.69. The first kappa shape index (κ1) is 24.0. The van der Waals surface area contributed by atoms with Crippen molar-refractivity contribution < 1.29 is 0 Å². The van der Waals surface area contributed by atoms with Crippen LogP contribution in [0.1, 0.15) is 0 Å². The van der Waals surface area contributed by atoms with Crippen molar-refractivity contribution in [3.05, 3.63) is 116 Å². The number of benzene rings is 3. The molecule has 10 aromatic rings. The third kappa shape index (κ3) is 3.27. The Morgan fingerprint density at radius 1 is 0.477 bits per heavy atom. The Labute approximate surface area is 257 Å². The number of rotatable bonds is 3. The van der Waals surface area contributed by atoms with Gasteiger partial charge in [0.1, 0.15) is 9.66 Å². The Bertz CT molecular complexity index is 2570. The Hall–Kier alpha value is -5.51. The number of hydrogen-bond acceptors (Lipinski definition) is 7. The van der Waals surface area contributed by atoms with E-state index in [-0.39, 0.29) is 0 Å². The van der Waals surface area contributed by atoms with E-state index in [1.807, 2.05) is 54.9 Å². The van der Waals surface area contributed by atoms with Crippen LogP contribution in [0.15, 0.2) is 116 Å². The van der Waals surface area contributed by atoms with E-state index in [4.69, 9.17) is 24.9 Å². The summed E-state index contributed by atoms with van der Waals surface area (Å²) in [5.41, 5.74) is 4.71. The van der Waals surface area contributed by atoms with E-state index in [9.17, 15) is 0 Å². The lowest BCUT2D eigenvalue weighted by Gasteiger charge is -2.11. The molecule has 0 aliphatic rings. The van der Waals surface area contributed by atoms with Crippen LogP contribution in [0.25, 0.3) is 86.0 Å². The van der Waals surface area contributed by atoms with Gasteiger partial charge < -0.3 is 0 Å². The fraction of sp³-hybridized carbons (Fsp3) is 0. The molecule has 0 N–H and O–H groups in total. The van der Waals surface area contributed by atoms with Crippen LogP contribution in [0.4, 0.5) is 0 Å². The van der Waals surface area contributed by atoms with Gasteiger partial charge in [0.25, 0.3) is 0 Å². The topological polar surface area (TPSA) is 74.3 Å². The molecule has 7 nitrogen and oxygen atoms in total. The monoisotopic (exact) mass is 601 g/mol. The number of aromatic nitrogens is 7. The minimum atomic E-state index is 0.549. The molecule has 0 aliphatic heterocycles. The zero-order chi connectivity index (χ0) is 28.8. The molecule has 7 aromatic heterocycles. The van der Waals surface area contributed by atoms with Gasteiger partial charge in [0.2, 0.25) is 11.9 Å². The molecule has 0 amide bonds. The van der Waals surface area contributed by atoms with Crippen molar-refractivity contribution in [3.63, 3.8) is 0 Å². The first-order valence-corrected chi connectivity index (χ1v) is 15.8. The summed E-state index contributed by atoms with van der Waals surface area (Å²) in [6.45, 7) is 0. The molecule has 0 fully saturated rings. The van der Waals surface area contributed by atoms with Crippen LogP contribution in [0, 0.1) is 0 Å². The second kappa shape index (κ2) is 9.00. The summed E-state index contributed by atoms with van der Waals surface area (Å²) in [6, 6.07) is 35.2. The maximum Gasteiger partial charge on any atom is 0.240 e. The number of thiophene rings is 2. The van der Waals surface area contributed by atoms with Gasteiger partial charge in [-0.1, -0.05) is 66.7 Å². The Kier molecular flexibility index (Phi) is 4.90. The average molecular weight is 602 g/mol. The predicted molar refractivity (Wildman–Crippen MR) is 180 cm³/mol. The van der Waals surface area contributed by atoms with Crippen molar-refractivity contribution in [2.75, 3.05) is 0 Å². The highest BCUT2D eigenvalue weighted by atomic mass is 32.1. The fourth-order valence-corrected chi connectivity index (χ4v) is 8.69. The summed E-state index contributed by atoms with van der Waals surface area (Å²) in [5, 5.41) is 4.60. The zero-order valence-corrected chi connectivity index (χ0v) is 24.5.